The van der Waals surface area contributed by atoms with Crippen molar-refractivity contribution in [2.75, 3.05) is 33.4 Å². The van der Waals surface area contributed by atoms with Crippen LogP contribution in [0.4, 0.5) is 0 Å². The fourth-order valence-electron chi connectivity index (χ4n) is 3.06. The summed E-state index contributed by atoms with van der Waals surface area (Å²) >= 11 is 6.42. The van der Waals surface area contributed by atoms with Gasteiger partial charge >= 0.3 is 0 Å². The van der Waals surface area contributed by atoms with Gasteiger partial charge in [0.25, 0.3) is 0 Å². The molecule has 0 spiro atoms. The number of aryl methyl sites for hydroxylation is 2. The van der Waals surface area contributed by atoms with E-state index in [0.717, 1.165) is 55.6 Å². The molecule has 1 saturated heterocycles. The summed E-state index contributed by atoms with van der Waals surface area (Å²) in [7, 11) is 3.68. The lowest BCUT2D eigenvalue weighted by atomic mass is 9.77. The van der Waals surface area contributed by atoms with Gasteiger partial charge in [0, 0.05) is 45.7 Å². The van der Waals surface area contributed by atoms with E-state index >= 15 is 0 Å². The summed E-state index contributed by atoms with van der Waals surface area (Å²) < 4.78 is 12.8. The van der Waals surface area contributed by atoms with Crippen molar-refractivity contribution in [1.29, 1.82) is 0 Å². The molecule has 1 aliphatic rings. The van der Waals surface area contributed by atoms with Crippen LogP contribution < -0.4 is 5.32 Å². The highest BCUT2D eigenvalue weighted by Gasteiger charge is 2.42. The van der Waals surface area contributed by atoms with Gasteiger partial charge in [-0.15, -0.1) is 0 Å². The maximum Gasteiger partial charge on any atom is 0.0847 e. The Kier molecular flexibility index (Phi) is 5.66. The standard InChI is InChI=1S/C15H26ClN3O2/c1-11-14(16)13(19(3)18-11)9-15(5-7-21-12(15)2)10-17-6-8-20-4/h12,17H,5-10H2,1-4H3. The summed E-state index contributed by atoms with van der Waals surface area (Å²) in [5.74, 6) is 0. The Morgan fingerprint density at radius 1 is 1.57 bits per heavy atom. The number of hydrogen-bond acceptors (Lipinski definition) is 4. The fraction of sp³-hybridized carbons (Fsp3) is 0.800. The molecular formula is C15H26ClN3O2. The lowest BCUT2D eigenvalue weighted by Gasteiger charge is -2.32. The smallest absolute Gasteiger partial charge is 0.0847 e. The molecule has 0 radical (unpaired) electrons. The summed E-state index contributed by atoms with van der Waals surface area (Å²) in [6.45, 7) is 7.38. The second kappa shape index (κ2) is 7.09. The number of ether oxygens (including phenoxy) is 2. The third-order valence-corrected chi connectivity index (χ3v) is 5.06. The topological polar surface area (TPSA) is 48.3 Å². The minimum absolute atomic E-state index is 0.0671. The quantitative estimate of drug-likeness (QED) is 0.781. The molecule has 2 rings (SSSR count). The Hall–Kier alpha value is -0.620. The minimum Gasteiger partial charge on any atom is -0.383 e. The minimum atomic E-state index is 0.0671. The van der Waals surface area contributed by atoms with E-state index in [1.165, 1.54) is 0 Å². The van der Waals surface area contributed by atoms with Gasteiger partial charge in [-0.05, 0) is 20.3 Å². The van der Waals surface area contributed by atoms with Crippen LogP contribution in [0.1, 0.15) is 24.7 Å². The molecule has 1 aliphatic heterocycles. The Bertz CT molecular complexity index is 478. The van der Waals surface area contributed by atoms with Crippen molar-refractivity contribution < 1.29 is 9.47 Å². The number of halogens is 1. The summed E-state index contributed by atoms with van der Waals surface area (Å²) in [6, 6.07) is 0. The molecule has 2 heterocycles. The Balaban J connectivity index is 2.13. The van der Waals surface area contributed by atoms with E-state index in [0.29, 0.717) is 0 Å². The van der Waals surface area contributed by atoms with Crippen LogP contribution in [0.15, 0.2) is 0 Å². The van der Waals surface area contributed by atoms with E-state index < -0.39 is 0 Å². The van der Waals surface area contributed by atoms with Crippen molar-refractivity contribution in [1.82, 2.24) is 15.1 Å². The molecule has 0 bridgehead atoms. The van der Waals surface area contributed by atoms with E-state index in [-0.39, 0.29) is 11.5 Å². The molecule has 0 aromatic carbocycles. The number of hydrogen-bond donors (Lipinski definition) is 1. The Morgan fingerprint density at radius 2 is 2.33 bits per heavy atom. The molecule has 21 heavy (non-hydrogen) atoms. The largest absolute Gasteiger partial charge is 0.383 e. The number of nitrogens with zero attached hydrogens (tertiary/aromatic N) is 2. The van der Waals surface area contributed by atoms with Crippen LogP contribution in [0.3, 0.4) is 0 Å². The monoisotopic (exact) mass is 315 g/mol. The number of nitrogens with one attached hydrogen (secondary N) is 1. The maximum atomic E-state index is 6.42. The van der Waals surface area contributed by atoms with Gasteiger partial charge in [0.1, 0.15) is 0 Å². The zero-order valence-corrected chi connectivity index (χ0v) is 14.2. The van der Waals surface area contributed by atoms with Gasteiger partial charge in [0.2, 0.25) is 0 Å². The summed E-state index contributed by atoms with van der Waals surface area (Å²) in [4.78, 5) is 0. The van der Waals surface area contributed by atoms with Crippen molar-refractivity contribution >= 4 is 11.6 Å². The van der Waals surface area contributed by atoms with Crippen molar-refractivity contribution in [2.24, 2.45) is 12.5 Å². The third kappa shape index (κ3) is 3.59. The van der Waals surface area contributed by atoms with Crippen molar-refractivity contribution in [3.63, 3.8) is 0 Å². The summed E-state index contributed by atoms with van der Waals surface area (Å²) in [6.07, 6.45) is 2.12. The molecule has 1 fully saturated rings. The van der Waals surface area contributed by atoms with Crippen LogP contribution in [0.25, 0.3) is 0 Å². The van der Waals surface area contributed by atoms with Crippen LogP contribution >= 0.6 is 11.6 Å². The first-order chi connectivity index (χ1) is 10.00. The summed E-state index contributed by atoms with van der Waals surface area (Å²) in [5, 5.41) is 8.69. The Morgan fingerprint density at radius 3 is 2.86 bits per heavy atom. The van der Waals surface area contributed by atoms with Gasteiger partial charge in [-0.1, -0.05) is 11.6 Å². The van der Waals surface area contributed by atoms with Gasteiger partial charge in [-0.2, -0.15) is 5.10 Å². The molecule has 120 valence electrons. The van der Waals surface area contributed by atoms with Gasteiger partial charge in [0.15, 0.2) is 0 Å². The van der Waals surface area contributed by atoms with E-state index in [1.54, 1.807) is 7.11 Å². The molecule has 6 heteroatoms. The molecule has 0 aliphatic carbocycles. The molecule has 0 saturated carbocycles. The van der Waals surface area contributed by atoms with Gasteiger partial charge in [-0.25, -0.2) is 0 Å². The molecule has 5 nitrogen and oxygen atoms in total. The predicted octanol–water partition coefficient (Wildman–Crippen LogP) is 1.96. The van der Waals surface area contributed by atoms with Gasteiger partial charge < -0.3 is 14.8 Å². The molecule has 0 amide bonds. The second-order valence-electron chi connectivity index (χ2n) is 5.94. The van der Waals surface area contributed by atoms with Crippen molar-refractivity contribution in [3.8, 4) is 0 Å². The lowest BCUT2D eigenvalue weighted by Crippen LogP contribution is -2.42. The van der Waals surface area contributed by atoms with Crippen LogP contribution in [-0.2, 0) is 22.9 Å². The molecule has 1 N–H and O–H groups in total. The average molecular weight is 316 g/mol. The highest BCUT2D eigenvalue weighted by Crippen LogP contribution is 2.39. The van der Waals surface area contributed by atoms with Gasteiger partial charge in [-0.3, -0.25) is 4.68 Å². The normalized spacial score (nSPS) is 25.7. The van der Waals surface area contributed by atoms with Crippen LogP contribution in [0, 0.1) is 12.3 Å². The Labute approximate surface area is 131 Å². The summed E-state index contributed by atoms with van der Waals surface area (Å²) in [5.41, 5.74) is 2.06. The van der Waals surface area contributed by atoms with E-state index in [1.807, 2.05) is 18.7 Å². The zero-order valence-electron chi connectivity index (χ0n) is 13.4. The lowest BCUT2D eigenvalue weighted by molar-refractivity contribution is 0.0610. The predicted molar refractivity (Wildman–Crippen MR) is 83.9 cm³/mol. The fourth-order valence-corrected chi connectivity index (χ4v) is 3.29. The van der Waals surface area contributed by atoms with Gasteiger partial charge in [0.05, 0.1) is 29.1 Å². The number of aromatic nitrogens is 2. The second-order valence-corrected chi connectivity index (χ2v) is 6.32. The number of methoxy groups -OCH3 is 1. The first kappa shape index (κ1) is 16.7. The molecule has 2 unspecified atom stereocenters. The average Bonchev–Trinajstić information content (AvgIpc) is 2.91. The van der Waals surface area contributed by atoms with E-state index in [9.17, 15) is 0 Å². The number of rotatable bonds is 7. The molecule has 2 atom stereocenters. The highest BCUT2D eigenvalue weighted by atomic mass is 35.5. The van der Waals surface area contributed by atoms with Crippen molar-refractivity contribution in [2.45, 2.75) is 32.8 Å². The van der Waals surface area contributed by atoms with Crippen LogP contribution in [0.5, 0.6) is 0 Å². The van der Waals surface area contributed by atoms with Crippen molar-refractivity contribution in [3.05, 3.63) is 16.4 Å². The highest BCUT2D eigenvalue weighted by molar-refractivity contribution is 6.31. The SMILES string of the molecule is COCCNCC1(Cc2c(Cl)c(C)nn2C)CCOC1C. The zero-order chi connectivity index (χ0) is 15.5. The third-order valence-electron chi connectivity index (χ3n) is 4.57. The molecular weight excluding hydrogens is 290 g/mol. The first-order valence-electron chi connectivity index (χ1n) is 7.49. The van der Waals surface area contributed by atoms with Crippen LogP contribution in [0.2, 0.25) is 5.02 Å². The van der Waals surface area contributed by atoms with Crippen LogP contribution in [-0.4, -0.2) is 49.3 Å². The molecule has 1 aromatic heterocycles. The molecule has 1 aromatic rings. The van der Waals surface area contributed by atoms with E-state index in [2.05, 4.69) is 17.3 Å². The first-order valence-corrected chi connectivity index (χ1v) is 7.87. The maximum absolute atomic E-state index is 6.42. The van der Waals surface area contributed by atoms with E-state index in [4.69, 9.17) is 21.1 Å².